The average Bonchev–Trinajstić information content (AvgIpc) is 2.92. The van der Waals surface area contributed by atoms with Crippen molar-refractivity contribution in [1.82, 2.24) is 15.1 Å². The molecule has 3 rings (SSSR count). The Labute approximate surface area is 149 Å². The van der Waals surface area contributed by atoms with Crippen molar-refractivity contribution >= 4 is 6.03 Å². The number of hydrogen-bond donors (Lipinski definition) is 1. The molecular weight excluding hydrogens is 351 g/mol. The summed E-state index contributed by atoms with van der Waals surface area (Å²) >= 11 is 0. The maximum absolute atomic E-state index is 12.5. The lowest BCUT2D eigenvalue weighted by Gasteiger charge is -2.25. The first kappa shape index (κ1) is 18.6. The summed E-state index contributed by atoms with van der Waals surface area (Å²) in [6.45, 7) is 2.36. The molecule has 2 heterocycles. The van der Waals surface area contributed by atoms with Gasteiger partial charge < -0.3 is 19.7 Å². The third-order valence-electron chi connectivity index (χ3n) is 4.52. The van der Waals surface area contributed by atoms with Crippen LogP contribution in [0, 0.1) is 0 Å². The number of ether oxygens (including phenoxy) is 2. The molecule has 1 unspecified atom stereocenters. The molecule has 9 heteroatoms. The number of carbonyl (C=O) groups is 1. The van der Waals surface area contributed by atoms with Crippen molar-refractivity contribution in [2.45, 2.75) is 25.6 Å². The minimum atomic E-state index is -4.22. The Balaban J connectivity index is 1.54. The van der Waals surface area contributed by atoms with Crippen LogP contribution in [-0.2, 0) is 0 Å². The van der Waals surface area contributed by atoms with Crippen LogP contribution in [0.3, 0.4) is 0 Å². The Morgan fingerprint density at radius 2 is 1.96 bits per heavy atom. The second-order valence-electron chi connectivity index (χ2n) is 6.52. The van der Waals surface area contributed by atoms with E-state index >= 15 is 0 Å². The van der Waals surface area contributed by atoms with E-state index in [4.69, 9.17) is 9.47 Å². The fraction of sp³-hybridized carbons (Fsp3) is 0.588. The number of rotatable bonds is 3. The first-order chi connectivity index (χ1) is 12.3. The Kier molecular flexibility index (Phi) is 5.45. The molecule has 0 aliphatic carbocycles. The summed E-state index contributed by atoms with van der Waals surface area (Å²) in [5, 5.41) is 2.90. The van der Waals surface area contributed by atoms with E-state index in [-0.39, 0.29) is 32.0 Å². The predicted octanol–water partition coefficient (Wildman–Crippen LogP) is 2.76. The molecule has 1 atom stereocenters. The van der Waals surface area contributed by atoms with Crippen LogP contribution in [0.15, 0.2) is 18.2 Å². The number of hydrogen-bond acceptors (Lipinski definition) is 4. The number of amides is 2. The summed E-state index contributed by atoms with van der Waals surface area (Å²) in [4.78, 5) is 15.4. The largest absolute Gasteiger partial charge is 0.454 e. The van der Waals surface area contributed by atoms with Crippen molar-refractivity contribution in [1.29, 1.82) is 0 Å². The fourth-order valence-corrected chi connectivity index (χ4v) is 3.13. The van der Waals surface area contributed by atoms with E-state index in [2.05, 4.69) is 5.32 Å². The van der Waals surface area contributed by atoms with Gasteiger partial charge >= 0.3 is 12.2 Å². The number of halogens is 3. The molecule has 1 saturated heterocycles. The fourth-order valence-electron chi connectivity index (χ4n) is 3.13. The summed E-state index contributed by atoms with van der Waals surface area (Å²) in [5.41, 5.74) is 0.871. The van der Waals surface area contributed by atoms with E-state index in [0.717, 1.165) is 5.56 Å². The molecule has 1 aromatic rings. The minimum absolute atomic E-state index is 0.182. The first-order valence-corrected chi connectivity index (χ1v) is 8.56. The number of carbonyl (C=O) groups excluding carboxylic acids is 1. The molecule has 0 saturated carbocycles. The zero-order valence-corrected chi connectivity index (χ0v) is 14.5. The highest BCUT2D eigenvalue weighted by Crippen LogP contribution is 2.34. The first-order valence-electron chi connectivity index (χ1n) is 8.56. The molecule has 0 bridgehead atoms. The van der Waals surface area contributed by atoms with Crippen LogP contribution in [0.25, 0.3) is 0 Å². The number of alkyl halides is 3. The van der Waals surface area contributed by atoms with E-state index in [1.807, 2.05) is 19.1 Å². The van der Waals surface area contributed by atoms with Crippen molar-refractivity contribution in [3.63, 3.8) is 0 Å². The van der Waals surface area contributed by atoms with Gasteiger partial charge in [-0.15, -0.1) is 0 Å². The van der Waals surface area contributed by atoms with Crippen molar-refractivity contribution < 1.29 is 27.4 Å². The molecule has 1 N–H and O–H groups in total. The summed E-state index contributed by atoms with van der Waals surface area (Å²) < 4.78 is 48.2. The minimum Gasteiger partial charge on any atom is -0.454 e. The quantitative estimate of drug-likeness (QED) is 0.885. The highest BCUT2D eigenvalue weighted by Gasteiger charge is 2.32. The number of nitrogens with one attached hydrogen (secondary N) is 1. The zero-order valence-electron chi connectivity index (χ0n) is 14.5. The van der Waals surface area contributed by atoms with Crippen LogP contribution in [0.4, 0.5) is 18.0 Å². The van der Waals surface area contributed by atoms with Crippen molar-refractivity contribution in [2.24, 2.45) is 0 Å². The van der Waals surface area contributed by atoms with Gasteiger partial charge in [-0.05, 0) is 31.0 Å². The molecule has 1 aromatic carbocycles. The van der Waals surface area contributed by atoms with Crippen LogP contribution < -0.4 is 14.8 Å². The lowest BCUT2D eigenvalue weighted by atomic mass is 10.1. The highest BCUT2D eigenvalue weighted by molar-refractivity contribution is 5.74. The zero-order chi connectivity index (χ0) is 18.7. The van der Waals surface area contributed by atoms with Crippen LogP contribution in [0.1, 0.15) is 24.9 Å². The molecule has 0 aromatic heterocycles. The normalized spacial score (nSPS) is 19.2. The summed E-state index contributed by atoms with van der Waals surface area (Å²) in [6, 6.07) is 4.93. The molecular formula is C17H22F3N3O3. The van der Waals surface area contributed by atoms with Gasteiger partial charge in [0.1, 0.15) is 0 Å². The van der Waals surface area contributed by atoms with E-state index in [1.165, 1.54) is 4.90 Å². The van der Waals surface area contributed by atoms with E-state index in [0.29, 0.717) is 31.0 Å². The standard InChI is InChI=1S/C17H22F3N3O3/c1-12(13-3-4-14-15(9-13)26-11-25-14)21-16(24)23-6-2-5-22(7-8-23)10-17(18,19)20/h3-4,9,12H,2,5-8,10-11H2,1H3,(H,21,24). The highest BCUT2D eigenvalue weighted by atomic mass is 19.4. The van der Waals surface area contributed by atoms with Crippen molar-refractivity contribution in [3.05, 3.63) is 23.8 Å². The molecule has 1 fully saturated rings. The molecule has 6 nitrogen and oxygen atoms in total. The van der Waals surface area contributed by atoms with E-state index in [9.17, 15) is 18.0 Å². The van der Waals surface area contributed by atoms with Crippen LogP contribution in [0.5, 0.6) is 11.5 Å². The third kappa shape index (κ3) is 4.72. The van der Waals surface area contributed by atoms with E-state index in [1.54, 1.807) is 11.0 Å². The van der Waals surface area contributed by atoms with Gasteiger partial charge in [0.25, 0.3) is 0 Å². The predicted molar refractivity (Wildman–Crippen MR) is 88.2 cm³/mol. The van der Waals surface area contributed by atoms with E-state index < -0.39 is 12.7 Å². The second-order valence-corrected chi connectivity index (χ2v) is 6.52. The average molecular weight is 373 g/mol. The Hall–Kier alpha value is -2.16. The lowest BCUT2D eigenvalue weighted by molar-refractivity contribution is -0.145. The maximum Gasteiger partial charge on any atom is 0.401 e. The van der Waals surface area contributed by atoms with Crippen molar-refractivity contribution in [3.8, 4) is 11.5 Å². The van der Waals surface area contributed by atoms with Gasteiger partial charge in [0.15, 0.2) is 11.5 Å². The van der Waals surface area contributed by atoms with Gasteiger partial charge in [0.2, 0.25) is 6.79 Å². The van der Waals surface area contributed by atoms with Crippen LogP contribution in [0.2, 0.25) is 0 Å². The smallest absolute Gasteiger partial charge is 0.401 e. The van der Waals surface area contributed by atoms with Gasteiger partial charge in [-0.3, -0.25) is 4.90 Å². The second kappa shape index (κ2) is 7.61. The third-order valence-corrected chi connectivity index (χ3v) is 4.52. The van der Waals surface area contributed by atoms with Crippen LogP contribution >= 0.6 is 0 Å². The van der Waals surface area contributed by atoms with Gasteiger partial charge in [0.05, 0.1) is 12.6 Å². The molecule has 0 spiro atoms. The van der Waals surface area contributed by atoms with Gasteiger partial charge in [-0.25, -0.2) is 4.79 Å². The maximum atomic E-state index is 12.5. The Morgan fingerprint density at radius 1 is 1.19 bits per heavy atom. The molecule has 2 amide bonds. The molecule has 26 heavy (non-hydrogen) atoms. The molecule has 144 valence electrons. The molecule has 0 radical (unpaired) electrons. The van der Waals surface area contributed by atoms with Crippen molar-refractivity contribution in [2.75, 3.05) is 39.5 Å². The van der Waals surface area contributed by atoms with Gasteiger partial charge in [-0.1, -0.05) is 6.07 Å². The number of benzene rings is 1. The topological polar surface area (TPSA) is 54.0 Å². The number of fused-ring (bicyclic) bond motifs is 1. The monoisotopic (exact) mass is 373 g/mol. The van der Waals surface area contributed by atoms with Crippen LogP contribution in [-0.4, -0.2) is 61.5 Å². The summed E-state index contributed by atoms with van der Waals surface area (Å²) in [7, 11) is 0. The SMILES string of the molecule is CC(NC(=O)N1CCCN(CC(F)(F)F)CC1)c1ccc2c(c1)OCO2. The number of urea groups is 1. The molecule has 2 aliphatic heterocycles. The summed E-state index contributed by atoms with van der Waals surface area (Å²) in [5.74, 6) is 1.31. The molecule has 2 aliphatic rings. The Bertz CT molecular complexity index is 654. The number of nitrogens with zero attached hydrogens (tertiary/aromatic N) is 2. The Morgan fingerprint density at radius 3 is 2.73 bits per heavy atom. The lowest BCUT2D eigenvalue weighted by Crippen LogP contribution is -2.43. The van der Waals surface area contributed by atoms with Gasteiger partial charge in [-0.2, -0.15) is 13.2 Å². The van der Waals surface area contributed by atoms with Gasteiger partial charge in [0, 0.05) is 26.2 Å². The summed E-state index contributed by atoms with van der Waals surface area (Å²) in [6.07, 6.45) is -3.70.